The number of benzene rings is 1. The summed E-state index contributed by atoms with van der Waals surface area (Å²) in [7, 11) is 1.00. The summed E-state index contributed by atoms with van der Waals surface area (Å²) >= 11 is 0. The number of aliphatic hydroxyl groups is 2. The fraction of sp³-hybridized carbons (Fsp3) is 0.214. The summed E-state index contributed by atoms with van der Waals surface area (Å²) in [5, 5.41) is 15.8. The Morgan fingerprint density at radius 3 is 2.29 bits per heavy atom. The monoisotopic (exact) mass is 234 g/mol. The number of rotatable bonds is 3. The SMILES string of the molecule is CC(=O)C(/C=C\c1ccccc1C)=C\O.CO. The van der Waals surface area contributed by atoms with Gasteiger partial charge in [-0.1, -0.05) is 30.3 Å². The predicted octanol–water partition coefficient (Wildman–Crippen LogP) is 2.65. The zero-order valence-corrected chi connectivity index (χ0v) is 10.3. The number of hydrogen-bond donors (Lipinski definition) is 2. The lowest BCUT2D eigenvalue weighted by atomic mass is 10.1. The van der Waals surface area contributed by atoms with Gasteiger partial charge in [0.1, 0.15) is 0 Å². The Bertz CT molecular complexity index is 417. The number of Topliss-reactive ketones (excluding diaryl/α,β-unsaturated/α-hetero) is 1. The second-order valence-corrected chi connectivity index (χ2v) is 3.33. The molecular formula is C14H18O3. The van der Waals surface area contributed by atoms with Crippen LogP contribution in [-0.2, 0) is 4.79 Å². The van der Waals surface area contributed by atoms with Crippen molar-refractivity contribution in [2.24, 2.45) is 0 Å². The maximum Gasteiger partial charge on any atom is 0.162 e. The van der Waals surface area contributed by atoms with Crippen molar-refractivity contribution in [3.63, 3.8) is 0 Å². The highest BCUT2D eigenvalue weighted by Gasteiger charge is 1.98. The molecule has 0 amide bonds. The molecule has 17 heavy (non-hydrogen) atoms. The van der Waals surface area contributed by atoms with Crippen LogP contribution in [0.25, 0.3) is 6.08 Å². The Hall–Kier alpha value is -1.87. The fourth-order valence-electron chi connectivity index (χ4n) is 1.20. The first-order valence-corrected chi connectivity index (χ1v) is 5.19. The van der Waals surface area contributed by atoms with Crippen molar-refractivity contribution < 1.29 is 15.0 Å². The summed E-state index contributed by atoms with van der Waals surface area (Å²) in [6.45, 7) is 3.42. The Morgan fingerprint density at radius 2 is 1.82 bits per heavy atom. The van der Waals surface area contributed by atoms with E-state index in [9.17, 15) is 4.79 Å². The Balaban J connectivity index is 0.00000121. The van der Waals surface area contributed by atoms with Crippen LogP contribution in [0.5, 0.6) is 0 Å². The van der Waals surface area contributed by atoms with E-state index in [2.05, 4.69) is 0 Å². The molecule has 0 aliphatic carbocycles. The lowest BCUT2D eigenvalue weighted by Crippen LogP contribution is -1.92. The number of ketones is 1. The molecular weight excluding hydrogens is 216 g/mol. The molecule has 0 aliphatic rings. The van der Waals surface area contributed by atoms with Gasteiger partial charge in [0.05, 0.1) is 11.8 Å². The summed E-state index contributed by atoms with van der Waals surface area (Å²) in [5.41, 5.74) is 2.48. The quantitative estimate of drug-likeness (QED) is 0.480. The van der Waals surface area contributed by atoms with E-state index in [1.165, 1.54) is 6.92 Å². The van der Waals surface area contributed by atoms with Gasteiger partial charge in [-0.25, -0.2) is 0 Å². The van der Waals surface area contributed by atoms with Crippen molar-refractivity contribution in [3.05, 3.63) is 53.3 Å². The second-order valence-electron chi connectivity index (χ2n) is 3.33. The smallest absolute Gasteiger partial charge is 0.162 e. The van der Waals surface area contributed by atoms with Crippen molar-refractivity contribution >= 4 is 11.9 Å². The van der Waals surface area contributed by atoms with Crippen LogP contribution in [-0.4, -0.2) is 23.1 Å². The van der Waals surface area contributed by atoms with Crippen molar-refractivity contribution in [3.8, 4) is 0 Å². The number of hydrogen-bond acceptors (Lipinski definition) is 3. The van der Waals surface area contributed by atoms with Crippen molar-refractivity contribution in [1.29, 1.82) is 0 Å². The molecule has 0 unspecified atom stereocenters. The molecule has 1 aromatic rings. The molecule has 1 aromatic carbocycles. The zero-order chi connectivity index (χ0) is 13.3. The molecule has 0 heterocycles. The average molecular weight is 234 g/mol. The molecule has 0 radical (unpaired) electrons. The molecule has 0 bridgehead atoms. The van der Waals surface area contributed by atoms with Gasteiger partial charge in [-0.05, 0) is 31.1 Å². The number of aliphatic hydroxyl groups excluding tert-OH is 2. The van der Waals surface area contributed by atoms with Crippen LogP contribution >= 0.6 is 0 Å². The minimum atomic E-state index is -0.151. The largest absolute Gasteiger partial charge is 0.515 e. The highest BCUT2D eigenvalue weighted by Crippen LogP contribution is 2.10. The van der Waals surface area contributed by atoms with E-state index in [1.807, 2.05) is 37.3 Å². The van der Waals surface area contributed by atoms with Gasteiger partial charge in [0.2, 0.25) is 0 Å². The summed E-state index contributed by atoms with van der Waals surface area (Å²) in [6, 6.07) is 7.85. The first-order valence-electron chi connectivity index (χ1n) is 5.19. The summed E-state index contributed by atoms with van der Waals surface area (Å²) < 4.78 is 0. The standard InChI is InChI=1S/C13H14O2.CH4O/c1-10-5-3-4-6-12(10)7-8-13(9-14)11(2)15;1-2/h3-9,14H,1-2H3;2H,1H3/b8-7-,13-9-;. The third-order valence-electron chi connectivity index (χ3n) is 2.18. The predicted molar refractivity (Wildman–Crippen MR) is 69.7 cm³/mol. The van der Waals surface area contributed by atoms with Gasteiger partial charge in [-0.3, -0.25) is 4.79 Å². The van der Waals surface area contributed by atoms with Crippen LogP contribution in [0.4, 0.5) is 0 Å². The minimum Gasteiger partial charge on any atom is -0.515 e. The third kappa shape index (κ3) is 5.13. The molecule has 0 aliphatic heterocycles. The molecule has 3 nitrogen and oxygen atoms in total. The van der Waals surface area contributed by atoms with Crippen LogP contribution in [0.3, 0.4) is 0 Å². The number of allylic oxidation sites excluding steroid dienone is 2. The molecule has 0 fully saturated rings. The second kappa shape index (κ2) is 8.30. The van der Waals surface area contributed by atoms with Gasteiger partial charge in [-0.2, -0.15) is 0 Å². The summed E-state index contributed by atoms with van der Waals surface area (Å²) in [5.74, 6) is -0.151. The van der Waals surface area contributed by atoms with Gasteiger partial charge < -0.3 is 10.2 Å². The number of carbonyl (C=O) groups is 1. The topological polar surface area (TPSA) is 57.5 Å². The number of aryl methyl sites for hydroxylation is 1. The van der Waals surface area contributed by atoms with Crippen molar-refractivity contribution in [2.75, 3.05) is 7.11 Å². The highest BCUT2D eigenvalue weighted by molar-refractivity contribution is 5.96. The molecule has 0 saturated heterocycles. The summed E-state index contributed by atoms with van der Waals surface area (Å²) in [4.78, 5) is 11.0. The van der Waals surface area contributed by atoms with Crippen LogP contribution in [0.15, 0.2) is 42.2 Å². The fourth-order valence-corrected chi connectivity index (χ4v) is 1.20. The molecule has 2 N–H and O–H groups in total. The Morgan fingerprint density at radius 1 is 1.24 bits per heavy atom. The maximum absolute atomic E-state index is 11.0. The van der Waals surface area contributed by atoms with E-state index in [1.54, 1.807) is 6.08 Å². The van der Waals surface area contributed by atoms with Gasteiger partial charge in [0.25, 0.3) is 0 Å². The summed E-state index contributed by atoms with van der Waals surface area (Å²) in [6.07, 6.45) is 4.26. The first-order chi connectivity index (χ1) is 8.15. The van der Waals surface area contributed by atoms with E-state index in [0.29, 0.717) is 5.57 Å². The maximum atomic E-state index is 11.0. The molecule has 92 valence electrons. The van der Waals surface area contributed by atoms with Gasteiger partial charge in [0, 0.05) is 7.11 Å². The lowest BCUT2D eigenvalue weighted by Gasteiger charge is -1.98. The van der Waals surface area contributed by atoms with Crippen LogP contribution in [0, 0.1) is 6.92 Å². The Labute approximate surface area is 102 Å². The van der Waals surface area contributed by atoms with Gasteiger partial charge in [0.15, 0.2) is 5.78 Å². The highest BCUT2D eigenvalue weighted by atomic mass is 16.2. The van der Waals surface area contributed by atoms with Crippen molar-refractivity contribution in [1.82, 2.24) is 0 Å². The molecule has 3 heteroatoms. The normalized spacial score (nSPS) is 10.9. The average Bonchev–Trinajstić information content (AvgIpc) is 2.34. The van der Waals surface area contributed by atoms with Gasteiger partial charge in [-0.15, -0.1) is 0 Å². The lowest BCUT2D eigenvalue weighted by molar-refractivity contribution is -0.113. The van der Waals surface area contributed by atoms with E-state index < -0.39 is 0 Å². The molecule has 0 atom stereocenters. The van der Waals surface area contributed by atoms with Crippen LogP contribution in [0.2, 0.25) is 0 Å². The van der Waals surface area contributed by atoms with E-state index >= 15 is 0 Å². The number of carbonyl (C=O) groups excluding carboxylic acids is 1. The van der Waals surface area contributed by atoms with Crippen LogP contribution in [0.1, 0.15) is 18.1 Å². The molecule has 0 spiro atoms. The van der Waals surface area contributed by atoms with Crippen molar-refractivity contribution in [2.45, 2.75) is 13.8 Å². The molecule has 0 aromatic heterocycles. The van der Waals surface area contributed by atoms with E-state index in [-0.39, 0.29) is 5.78 Å². The third-order valence-corrected chi connectivity index (χ3v) is 2.18. The van der Waals surface area contributed by atoms with E-state index in [4.69, 9.17) is 10.2 Å². The minimum absolute atomic E-state index is 0.151. The zero-order valence-electron chi connectivity index (χ0n) is 10.3. The Kier molecular flexibility index (Phi) is 7.39. The van der Waals surface area contributed by atoms with Gasteiger partial charge >= 0.3 is 0 Å². The van der Waals surface area contributed by atoms with E-state index in [0.717, 1.165) is 24.5 Å². The molecule has 0 saturated carbocycles. The first kappa shape index (κ1) is 15.1. The molecule has 1 rings (SSSR count). The van der Waals surface area contributed by atoms with Crippen LogP contribution < -0.4 is 0 Å².